The molecular weight excluding hydrogens is 311 g/mol. The number of pyridine rings is 2. The highest BCUT2D eigenvalue weighted by molar-refractivity contribution is 6.12. The van der Waals surface area contributed by atoms with Crippen LogP contribution in [0.5, 0.6) is 0 Å². The fraction of sp³-hybridized carbons (Fsp3) is 0.0588. The number of aromatic nitrogens is 2. The van der Waals surface area contributed by atoms with Gasteiger partial charge in [-0.2, -0.15) is 0 Å². The van der Waals surface area contributed by atoms with Gasteiger partial charge in [-0.3, -0.25) is 14.6 Å². The zero-order valence-corrected chi connectivity index (χ0v) is 12.7. The molecule has 0 aliphatic rings. The van der Waals surface area contributed by atoms with Gasteiger partial charge in [-0.05, 0) is 30.3 Å². The van der Waals surface area contributed by atoms with Crippen LogP contribution in [0.4, 0.5) is 10.2 Å². The molecule has 2 N–H and O–H groups in total. The lowest BCUT2D eigenvalue weighted by Gasteiger charge is -2.09. The molecule has 0 bridgehead atoms. The number of nitrogens with one attached hydrogen (secondary N) is 2. The van der Waals surface area contributed by atoms with Crippen LogP contribution in [-0.2, 0) is 0 Å². The molecule has 3 rings (SSSR count). The summed E-state index contributed by atoms with van der Waals surface area (Å²) in [5.41, 5.74) is 0.451. The molecular formula is C17H13FN4O2. The molecule has 0 atom stereocenters. The van der Waals surface area contributed by atoms with E-state index in [1.807, 2.05) is 0 Å². The molecule has 0 spiro atoms. The summed E-state index contributed by atoms with van der Waals surface area (Å²) in [6.07, 6.45) is 2.89. The lowest BCUT2D eigenvalue weighted by atomic mass is 10.1. The Morgan fingerprint density at radius 1 is 1.04 bits per heavy atom. The van der Waals surface area contributed by atoms with Crippen molar-refractivity contribution in [3.05, 3.63) is 65.9 Å². The Morgan fingerprint density at radius 2 is 1.88 bits per heavy atom. The van der Waals surface area contributed by atoms with Gasteiger partial charge >= 0.3 is 0 Å². The van der Waals surface area contributed by atoms with E-state index in [2.05, 4.69) is 20.6 Å². The van der Waals surface area contributed by atoms with Crippen LogP contribution in [0.25, 0.3) is 10.8 Å². The first-order valence-corrected chi connectivity index (χ1v) is 7.13. The molecule has 2 amide bonds. The zero-order valence-electron chi connectivity index (χ0n) is 12.7. The molecule has 120 valence electrons. The minimum atomic E-state index is -0.463. The third-order valence-electron chi connectivity index (χ3n) is 3.46. The van der Waals surface area contributed by atoms with Gasteiger partial charge in [0.05, 0.1) is 0 Å². The van der Waals surface area contributed by atoms with E-state index in [9.17, 15) is 14.0 Å². The number of benzene rings is 1. The molecule has 0 saturated carbocycles. The first kappa shape index (κ1) is 15.5. The van der Waals surface area contributed by atoms with E-state index in [0.717, 1.165) is 0 Å². The SMILES string of the molecule is CNC(=O)c1cccc(NC(=O)c2ccc(F)c3ccncc23)n1. The fourth-order valence-electron chi connectivity index (χ4n) is 2.29. The van der Waals surface area contributed by atoms with Crippen molar-refractivity contribution in [2.45, 2.75) is 0 Å². The van der Waals surface area contributed by atoms with Gasteiger partial charge in [0.1, 0.15) is 17.3 Å². The van der Waals surface area contributed by atoms with Crippen LogP contribution in [0, 0.1) is 5.82 Å². The molecule has 0 fully saturated rings. The second-order valence-electron chi connectivity index (χ2n) is 4.96. The van der Waals surface area contributed by atoms with Crippen molar-refractivity contribution in [1.82, 2.24) is 15.3 Å². The highest BCUT2D eigenvalue weighted by Gasteiger charge is 2.14. The largest absolute Gasteiger partial charge is 0.354 e. The van der Waals surface area contributed by atoms with Gasteiger partial charge < -0.3 is 10.6 Å². The monoisotopic (exact) mass is 324 g/mol. The number of nitrogens with zero attached hydrogens (tertiary/aromatic N) is 2. The smallest absolute Gasteiger partial charge is 0.269 e. The van der Waals surface area contributed by atoms with Crippen LogP contribution in [-0.4, -0.2) is 28.8 Å². The van der Waals surface area contributed by atoms with E-state index in [1.54, 1.807) is 12.1 Å². The third-order valence-corrected chi connectivity index (χ3v) is 3.46. The Balaban J connectivity index is 1.94. The molecule has 2 heterocycles. The van der Waals surface area contributed by atoms with Crippen LogP contribution >= 0.6 is 0 Å². The summed E-state index contributed by atoms with van der Waals surface area (Å²) in [6, 6.07) is 8.83. The molecule has 0 radical (unpaired) electrons. The highest BCUT2D eigenvalue weighted by atomic mass is 19.1. The van der Waals surface area contributed by atoms with Gasteiger partial charge in [0.15, 0.2) is 0 Å². The van der Waals surface area contributed by atoms with Crippen molar-refractivity contribution in [1.29, 1.82) is 0 Å². The summed E-state index contributed by atoms with van der Waals surface area (Å²) in [5, 5.41) is 5.78. The lowest BCUT2D eigenvalue weighted by Crippen LogP contribution is -2.20. The van der Waals surface area contributed by atoms with E-state index in [-0.39, 0.29) is 23.0 Å². The maximum absolute atomic E-state index is 13.8. The summed E-state index contributed by atoms with van der Waals surface area (Å²) in [4.78, 5) is 32.1. The quantitative estimate of drug-likeness (QED) is 0.775. The van der Waals surface area contributed by atoms with Crippen LogP contribution < -0.4 is 10.6 Å². The fourth-order valence-corrected chi connectivity index (χ4v) is 2.29. The maximum atomic E-state index is 13.8. The van der Waals surface area contributed by atoms with Gasteiger partial charge in [0.2, 0.25) is 0 Å². The Hall–Kier alpha value is -3.35. The Bertz CT molecular complexity index is 943. The van der Waals surface area contributed by atoms with Gasteiger partial charge in [-0.25, -0.2) is 9.37 Å². The van der Waals surface area contributed by atoms with Crippen LogP contribution in [0.3, 0.4) is 0 Å². The second-order valence-corrected chi connectivity index (χ2v) is 4.96. The number of rotatable bonds is 3. The Morgan fingerprint density at radius 3 is 2.67 bits per heavy atom. The highest BCUT2D eigenvalue weighted by Crippen LogP contribution is 2.21. The van der Waals surface area contributed by atoms with Crippen molar-refractivity contribution in [2.24, 2.45) is 0 Å². The van der Waals surface area contributed by atoms with Crippen molar-refractivity contribution < 1.29 is 14.0 Å². The minimum absolute atomic E-state index is 0.181. The van der Waals surface area contributed by atoms with E-state index >= 15 is 0 Å². The predicted octanol–water partition coefficient (Wildman–Crippen LogP) is 2.38. The summed E-state index contributed by atoms with van der Waals surface area (Å²) >= 11 is 0. The summed E-state index contributed by atoms with van der Waals surface area (Å²) in [7, 11) is 1.49. The summed E-state index contributed by atoms with van der Waals surface area (Å²) in [6.45, 7) is 0. The van der Waals surface area contributed by atoms with Gasteiger partial charge in [0, 0.05) is 35.8 Å². The molecule has 0 aliphatic heterocycles. The lowest BCUT2D eigenvalue weighted by molar-refractivity contribution is 0.0956. The van der Waals surface area contributed by atoms with Gasteiger partial charge in [0.25, 0.3) is 11.8 Å². The summed E-state index contributed by atoms with van der Waals surface area (Å²) < 4.78 is 13.8. The third kappa shape index (κ3) is 2.91. The van der Waals surface area contributed by atoms with Crippen LogP contribution in [0.2, 0.25) is 0 Å². The van der Waals surface area contributed by atoms with Crippen LogP contribution in [0.1, 0.15) is 20.8 Å². The molecule has 0 saturated heterocycles. The van der Waals surface area contributed by atoms with Crippen molar-refractivity contribution in [3.8, 4) is 0 Å². The summed E-state index contributed by atoms with van der Waals surface area (Å²) in [5.74, 6) is -1.02. The normalized spacial score (nSPS) is 10.4. The number of carbonyl (C=O) groups excluding carboxylic acids is 2. The molecule has 0 aliphatic carbocycles. The van der Waals surface area contributed by atoms with Crippen molar-refractivity contribution in [3.63, 3.8) is 0 Å². The standard InChI is InChI=1S/C17H13FN4O2/c1-19-17(24)14-3-2-4-15(21-14)22-16(23)11-5-6-13(18)10-7-8-20-9-12(10)11/h2-9H,1H3,(H,19,24)(H,21,22,23). The van der Waals surface area contributed by atoms with E-state index in [4.69, 9.17) is 0 Å². The average Bonchev–Trinajstić information content (AvgIpc) is 2.61. The van der Waals surface area contributed by atoms with E-state index < -0.39 is 11.7 Å². The molecule has 0 unspecified atom stereocenters. The molecule has 3 aromatic rings. The first-order chi connectivity index (χ1) is 11.6. The number of halogens is 1. The Labute approximate surface area is 136 Å². The van der Waals surface area contributed by atoms with E-state index in [1.165, 1.54) is 43.7 Å². The number of fused-ring (bicyclic) bond motifs is 1. The molecule has 2 aromatic heterocycles. The minimum Gasteiger partial charge on any atom is -0.354 e. The number of amides is 2. The van der Waals surface area contributed by atoms with Gasteiger partial charge in [-0.15, -0.1) is 0 Å². The molecule has 24 heavy (non-hydrogen) atoms. The predicted molar refractivity (Wildman–Crippen MR) is 87.3 cm³/mol. The number of hydrogen-bond acceptors (Lipinski definition) is 4. The second kappa shape index (κ2) is 6.41. The first-order valence-electron chi connectivity index (χ1n) is 7.13. The van der Waals surface area contributed by atoms with Gasteiger partial charge in [-0.1, -0.05) is 6.07 Å². The molecule has 6 nitrogen and oxygen atoms in total. The zero-order chi connectivity index (χ0) is 17.1. The van der Waals surface area contributed by atoms with Crippen molar-refractivity contribution in [2.75, 3.05) is 12.4 Å². The number of hydrogen-bond donors (Lipinski definition) is 2. The maximum Gasteiger partial charge on any atom is 0.269 e. The number of carbonyl (C=O) groups is 2. The Kier molecular flexibility index (Phi) is 4.15. The number of anilines is 1. The topological polar surface area (TPSA) is 84.0 Å². The van der Waals surface area contributed by atoms with Crippen molar-refractivity contribution >= 4 is 28.4 Å². The van der Waals surface area contributed by atoms with E-state index in [0.29, 0.717) is 10.8 Å². The molecule has 1 aromatic carbocycles. The molecule has 7 heteroatoms. The van der Waals surface area contributed by atoms with Crippen LogP contribution in [0.15, 0.2) is 48.8 Å². The average molecular weight is 324 g/mol.